The Morgan fingerprint density at radius 1 is 1.50 bits per heavy atom. The largest absolute Gasteiger partial charge is 0.371 e. The summed E-state index contributed by atoms with van der Waals surface area (Å²) in [5, 5.41) is 2.61. The first-order chi connectivity index (χ1) is 9.67. The van der Waals surface area contributed by atoms with Crippen LogP contribution in [0.15, 0.2) is 18.3 Å². The Morgan fingerprint density at radius 2 is 2.25 bits per heavy atom. The fourth-order valence-electron chi connectivity index (χ4n) is 3.06. The predicted octanol–water partition coefficient (Wildman–Crippen LogP) is 1.39. The molecular formula is C15H24N4O. The average Bonchev–Trinajstić information content (AvgIpc) is 2.53. The molecule has 0 aliphatic heterocycles. The highest BCUT2D eigenvalue weighted by Gasteiger charge is 2.27. The van der Waals surface area contributed by atoms with Gasteiger partial charge in [-0.25, -0.2) is 0 Å². The van der Waals surface area contributed by atoms with Crippen LogP contribution in [0.2, 0.25) is 0 Å². The monoisotopic (exact) mass is 276 g/mol. The predicted molar refractivity (Wildman–Crippen MR) is 80.8 cm³/mol. The number of pyridine rings is 1. The number of hydrogen-bond donors (Lipinski definition) is 2. The van der Waals surface area contributed by atoms with E-state index in [0.717, 1.165) is 18.7 Å². The van der Waals surface area contributed by atoms with Gasteiger partial charge in [-0.1, -0.05) is 12.8 Å². The minimum absolute atomic E-state index is 0.153. The third kappa shape index (κ3) is 3.10. The molecule has 5 heteroatoms. The summed E-state index contributed by atoms with van der Waals surface area (Å²) in [6.45, 7) is 0.725. The maximum Gasteiger partial charge on any atom is 0.269 e. The molecule has 3 N–H and O–H groups in total. The van der Waals surface area contributed by atoms with Crippen LogP contribution in [0.4, 0.5) is 5.69 Å². The molecule has 1 heterocycles. The molecule has 2 atom stereocenters. The van der Waals surface area contributed by atoms with Crippen molar-refractivity contribution in [3.05, 3.63) is 24.0 Å². The zero-order chi connectivity index (χ0) is 14.5. The van der Waals surface area contributed by atoms with Crippen molar-refractivity contribution >= 4 is 11.6 Å². The molecule has 110 valence electrons. The number of nitrogens with one attached hydrogen (secondary N) is 1. The molecular weight excluding hydrogens is 252 g/mol. The first-order valence-electron chi connectivity index (χ1n) is 7.28. The Morgan fingerprint density at radius 3 is 2.95 bits per heavy atom. The molecule has 2 rings (SSSR count). The highest BCUT2D eigenvalue weighted by molar-refractivity contribution is 5.92. The lowest BCUT2D eigenvalue weighted by Crippen LogP contribution is -2.43. The third-order valence-corrected chi connectivity index (χ3v) is 4.28. The van der Waals surface area contributed by atoms with Crippen LogP contribution in [0, 0.1) is 5.92 Å². The standard InChI is InChI=1S/C15H24N4O/c1-17-15(20)13-9-12(7-8-18-13)19(2)14-6-4-3-5-11(14)10-16/h7-9,11,14H,3-6,10,16H2,1-2H3,(H,17,20). The number of rotatable bonds is 4. The fraction of sp³-hybridized carbons (Fsp3) is 0.600. The number of nitrogens with two attached hydrogens (primary N) is 1. The van der Waals surface area contributed by atoms with Gasteiger partial charge in [0.1, 0.15) is 5.69 Å². The highest BCUT2D eigenvalue weighted by atomic mass is 16.1. The van der Waals surface area contributed by atoms with Crippen molar-refractivity contribution in [3.8, 4) is 0 Å². The van der Waals surface area contributed by atoms with Crippen LogP contribution in [0.25, 0.3) is 0 Å². The summed E-state index contributed by atoms with van der Waals surface area (Å²) in [5.74, 6) is 0.379. The summed E-state index contributed by atoms with van der Waals surface area (Å²) in [6, 6.07) is 4.25. The number of anilines is 1. The number of amides is 1. The summed E-state index contributed by atoms with van der Waals surface area (Å²) in [4.78, 5) is 18.0. The Kier molecular flexibility index (Phi) is 4.95. The van der Waals surface area contributed by atoms with E-state index in [1.807, 2.05) is 12.1 Å². The van der Waals surface area contributed by atoms with E-state index in [2.05, 4.69) is 22.2 Å². The number of hydrogen-bond acceptors (Lipinski definition) is 4. The lowest BCUT2D eigenvalue weighted by Gasteiger charge is -2.38. The van der Waals surface area contributed by atoms with Crippen LogP contribution < -0.4 is 16.0 Å². The molecule has 0 saturated heterocycles. The van der Waals surface area contributed by atoms with Crippen molar-refractivity contribution in [2.75, 3.05) is 25.5 Å². The van der Waals surface area contributed by atoms with E-state index in [0.29, 0.717) is 17.7 Å². The van der Waals surface area contributed by atoms with Gasteiger partial charge in [-0.3, -0.25) is 9.78 Å². The molecule has 5 nitrogen and oxygen atoms in total. The van der Waals surface area contributed by atoms with Crippen molar-refractivity contribution < 1.29 is 4.79 Å². The lowest BCUT2D eigenvalue weighted by molar-refractivity contribution is 0.0958. The zero-order valence-electron chi connectivity index (χ0n) is 12.3. The van der Waals surface area contributed by atoms with Crippen LogP contribution >= 0.6 is 0 Å². The third-order valence-electron chi connectivity index (χ3n) is 4.28. The smallest absolute Gasteiger partial charge is 0.269 e. The van der Waals surface area contributed by atoms with Crippen molar-refractivity contribution in [1.29, 1.82) is 0 Å². The summed E-state index contributed by atoms with van der Waals surface area (Å²) >= 11 is 0. The second-order valence-corrected chi connectivity index (χ2v) is 5.44. The van der Waals surface area contributed by atoms with E-state index in [9.17, 15) is 4.79 Å². The molecule has 1 amide bonds. The van der Waals surface area contributed by atoms with Crippen LogP contribution in [0.5, 0.6) is 0 Å². The number of nitrogens with zero attached hydrogens (tertiary/aromatic N) is 2. The Labute approximate surface area is 120 Å². The van der Waals surface area contributed by atoms with Gasteiger partial charge < -0.3 is 16.0 Å². The summed E-state index contributed by atoms with van der Waals surface area (Å²) in [5.41, 5.74) is 7.39. The van der Waals surface area contributed by atoms with E-state index in [4.69, 9.17) is 5.73 Å². The SMILES string of the molecule is CNC(=O)c1cc(N(C)C2CCCCC2CN)ccn1. The van der Waals surface area contributed by atoms with E-state index >= 15 is 0 Å². The molecule has 0 aromatic carbocycles. The van der Waals surface area contributed by atoms with Crippen LogP contribution in [-0.4, -0.2) is 37.6 Å². The molecule has 1 saturated carbocycles. The summed E-state index contributed by atoms with van der Waals surface area (Å²) < 4.78 is 0. The zero-order valence-corrected chi connectivity index (χ0v) is 12.3. The second kappa shape index (κ2) is 6.70. The van der Waals surface area contributed by atoms with E-state index < -0.39 is 0 Å². The van der Waals surface area contributed by atoms with Gasteiger partial charge in [0, 0.05) is 32.0 Å². The van der Waals surface area contributed by atoms with Crippen LogP contribution in [0.1, 0.15) is 36.2 Å². The lowest BCUT2D eigenvalue weighted by atomic mass is 9.83. The average molecular weight is 276 g/mol. The molecule has 1 aromatic rings. The van der Waals surface area contributed by atoms with Gasteiger partial charge in [-0.15, -0.1) is 0 Å². The molecule has 1 fully saturated rings. The first kappa shape index (κ1) is 14.8. The molecule has 0 spiro atoms. The normalized spacial score (nSPS) is 22.4. The topological polar surface area (TPSA) is 71.2 Å². The fourth-order valence-corrected chi connectivity index (χ4v) is 3.06. The van der Waals surface area contributed by atoms with Gasteiger partial charge in [0.25, 0.3) is 5.91 Å². The van der Waals surface area contributed by atoms with Gasteiger partial charge in [0.05, 0.1) is 0 Å². The van der Waals surface area contributed by atoms with Gasteiger partial charge >= 0.3 is 0 Å². The van der Waals surface area contributed by atoms with Crippen LogP contribution in [-0.2, 0) is 0 Å². The number of aromatic nitrogens is 1. The van der Waals surface area contributed by atoms with E-state index in [1.54, 1.807) is 13.2 Å². The molecule has 0 bridgehead atoms. The van der Waals surface area contributed by atoms with Gasteiger partial charge in [-0.05, 0) is 37.4 Å². The van der Waals surface area contributed by atoms with Crippen molar-refractivity contribution in [2.24, 2.45) is 11.7 Å². The Balaban J connectivity index is 2.19. The minimum Gasteiger partial charge on any atom is -0.371 e. The summed E-state index contributed by atoms with van der Waals surface area (Å²) in [7, 11) is 3.70. The molecule has 1 aliphatic carbocycles. The molecule has 1 aromatic heterocycles. The van der Waals surface area contributed by atoms with Gasteiger partial charge in [0.2, 0.25) is 0 Å². The molecule has 0 radical (unpaired) electrons. The quantitative estimate of drug-likeness (QED) is 0.872. The van der Waals surface area contributed by atoms with Gasteiger partial charge in [0.15, 0.2) is 0 Å². The molecule has 2 unspecified atom stereocenters. The number of carbonyl (C=O) groups is 1. The van der Waals surface area contributed by atoms with Gasteiger partial charge in [-0.2, -0.15) is 0 Å². The van der Waals surface area contributed by atoms with Crippen molar-refractivity contribution in [2.45, 2.75) is 31.7 Å². The second-order valence-electron chi connectivity index (χ2n) is 5.44. The number of carbonyl (C=O) groups excluding carboxylic acids is 1. The highest BCUT2D eigenvalue weighted by Crippen LogP contribution is 2.30. The van der Waals surface area contributed by atoms with Crippen molar-refractivity contribution in [3.63, 3.8) is 0 Å². The summed E-state index contributed by atoms with van der Waals surface area (Å²) in [6.07, 6.45) is 6.57. The maximum absolute atomic E-state index is 11.7. The molecule has 20 heavy (non-hydrogen) atoms. The minimum atomic E-state index is -0.153. The maximum atomic E-state index is 11.7. The Hall–Kier alpha value is -1.62. The van der Waals surface area contributed by atoms with E-state index in [-0.39, 0.29) is 5.91 Å². The molecule has 1 aliphatic rings. The first-order valence-corrected chi connectivity index (χ1v) is 7.28. The van der Waals surface area contributed by atoms with E-state index in [1.165, 1.54) is 19.3 Å². The van der Waals surface area contributed by atoms with Crippen molar-refractivity contribution in [1.82, 2.24) is 10.3 Å². The Bertz CT molecular complexity index is 463. The van der Waals surface area contributed by atoms with Crippen LogP contribution in [0.3, 0.4) is 0 Å².